The van der Waals surface area contributed by atoms with Gasteiger partial charge in [0.15, 0.2) is 0 Å². The van der Waals surface area contributed by atoms with Crippen LogP contribution in [0, 0.1) is 17.8 Å². The number of hydrogen-bond acceptors (Lipinski definition) is 9. The number of likely N-dealkylation sites (N-methyl/N-ethyl adjacent to an activating group) is 1. The van der Waals surface area contributed by atoms with Crippen molar-refractivity contribution in [2.45, 2.75) is 114 Å². The van der Waals surface area contributed by atoms with E-state index in [1.54, 1.807) is 14.2 Å². The smallest absolute Gasteiger partial charge is 0.407 e. The molecule has 3 fully saturated rings. The molecule has 0 aromatic carbocycles. The third kappa shape index (κ3) is 9.49. The molecule has 10 nitrogen and oxygen atoms in total. The van der Waals surface area contributed by atoms with Gasteiger partial charge in [0.05, 0.1) is 38.2 Å². The van der Waals surface area contributed by atoms with E-state index in [1.165, 1.54) is 0 Å². The lowest BCUT2D eigenvalue weighted by molar-refractivity contribution is -0.173. The predicted octanol–water partition coefficient (Wildman–Crippen LogP) is 4.34. The molecule has 2 heterocycles. The number of esters is 1. The van der Waals surface area contributed by atoms with E-state index in [1.807, 2.05) is 19.9 Å². The molecule has 2 saturated heterocycles. The molecule has 10 heteroatoms. The lowest BCUT2D eigenvalue weighted by Crippen LogP contribution is -2.55. The van der Waals surface area contributed by atoms with Crippen molar-refractivity contribution >= 4 is 17.8 Å². The van der Waals surface area contributed by atoms with Crippen LogP contribution in [0.2, 0.25) is 0 Å². The Balaban J connectivity index is 1.38. The summed E-state index contributed by atoms with van der Waals surface area (Å²) in [6.45, 7) is 11.8. The van der Waals surface area contributed by atoms with Gasteiger partial charge in [-0.1, -0.05) is 39.2 Å². The molecule has 1 aliphatic carbocycles. The molecule has 0 aromatic heterocycles. The number of carbonyl (C=O) groups is 3. The Morgan fingerprint density at radius 2 is 1.86 bits per heavy atom. The first-order valence-corrected chi connectivity index (χ1v) is 15.8. The van der Waals surface area contributed by atoms with E-state index in [0.717, 1.165) is 44.9 Å². The fraction of sp³-hybridized carbons (Fsp3) is 0.844. The van der Waals surface area contributed by atoms with Gasteiger partial charge in [-0.05, 0) is 52.0 Å². The SMILES string of the molecule is C=CC[C@H]1OC1(C)C1C(OC)C(OC(=O)C[C@@H](COC(=O)NCCCCCCCC(=O)CNC)C(C)C)CC[C@]12CO2. The average molecular weight is 595 g/mol. The molecule has 2 N–H and O–H groups in total. The molecule has 4 unspecified atom stereocenters. The van der Waals surface area contributed by atoms with Gasteiger partial charge in [-0.2, -0.15) is 0 Å². The van der Waals surface area contributed by atoms with Crippen LogP contribution in [0.5, 0.6) is 0 Å². The Morgan fingerprint density at radius 3 is 2.50 bits per heavy atom. The third-order valence-corrected chi connectivity index (χ3v) is 9.24. The highest BCUT2D eigenvalue weighted by atomic mass is 16.6. The van der Waals surface area contributed by atoms with Crippen LogP contribution in [0.25, 0.3) is 0 Å². The zero-order valence-corrected chi connectivity index (χ0v) is 26.4. The molecule has 7 atom stereocenters. The van der Waals surface area contributed by atoms with E-state index in [-0.39, 0.29) is 60.3 Å². The van der Waals surface area contributed by atoms with Gasteiger partial charge in [0.25, 0.3) is 0 Å². The number of methoxy groups -OCH3 is 1. The van der Waals surface area contributed by atoms with Gasteiger partial charge in [-0.15, -0.1) is 6.58 Å². The Bertz CT molecular complexity index is 907. The van der Waals surface area contributed by atoms with Gasteiger partial charge < -0.3 is 34.3 Å². The van der Waals surface area contributed by atoms with E-state index < -0.39 is 17.8 Å². The number of alkyl carbamates (subject to hydrolysis) is 1. The fourth-order valence-corrected chi connectivity index (χ4v) is 6.48. The summed E-state index contributed by atoms with van der Waals surface area (Å²) in [6, 6.07) is 0. The summed E-state index contributed by atoms with van der Waals surface area (Å²) in [5.74, 6) is -0.132. The predicted molar refractivity (Wildman–Crippen MR) is 159 cm³/mol. The molecule has 2 aliphatic heterocycles. The molecule has 1 spiro atoms. The van der Waals surface area contributed by atoms with Crippen LogP contribution in [0.4, 0.5) is 4.79 Å². The molecule has 240 valence electrons. The second kappa shape index (κ2) is 16.2. The van der Waals surface area contributed by atoms with Crippen molar-refractivity contribution in [3.63, 3.8) is 0 Å². The summed E-state index contributed by atoms with van der Waals surface area (Å²) in [5.41, 5.74) is -0.673. The maximum absolute atomic E-state index is 13.1. The maximum Gasteiger partial charge on any atom is 0.407 e. The number of hydrogen-bond donors (Lipinski definition) is 2. The van der Waals surface area contributed by atoms with Crippen molar-refractivity contribution in [1.29, 1.82) is 0 Å². The highest BCUT2D eigenvalue weighted by Crippen LogP contribution is 2.59. The summed E-state index contributed by atoms with van der Waals surface area (Å²) in [5, 5.41) is 5.68. The lowest BCUT2D eigenvalue weighted by atomic mass is 9.68. The number of nitrogens with one attached hydrogen (secondary N) is 2. The van der Waals surface area contributed by atoms with Gasteiger partial charge >= 0.3 is 12.1 Å². The first-order valence-electron chi connectivity index (χ1n) is 15.8. The largest absolute Gasteiger partial charge is 0.460 e. The monoisotopic (exact) mass is 594 g/mol. The topological polar surface area (TPSA) is 128 Å². The molecule has 0 aromatic rings. The standard InChI is InChI=1S/C32H54N2O8/c1-7-13-26-31(4,42-26)29-28(38-6)25(15-16-32(29)21-40-32)41-27(36)18-23(22(2)3)20-39-30(37)34-17-12-10-8-9-11-14-24(35)19-33-5/h7,22-23,25-26,28-29,33H,1,8-21H2,2-6H3,(H,34,37)/t23-,25?,26+,28?,29?,31?,32-/m0/s1. The molecule has 0 radical (unpaired) electrons. The second-order valence-corrected chi connectivity index (χ2v) is 12.7. The lowest BCUT2D eigenvalue weighted by Gasteiger charge is -2.42. The van der Waals surface area contributed by atoms with Crippen molar-refractivity contribution < 1.29 is 38.1 Å². The molecule has 42 heavy (non-hydrogen) atoms. The maximum atomic E-state index is 13.1. The normalized spacial score (nSPS) is 30.5. The summed E-state index contributed by atoms with van der Waals surface area (Å²) in [6.07, 6.45) is 8.52. The van der Waals surface area contributed by atoms with Gasteiger partial charge in [0, 0.05) is 26.0 Å². The zero-order chi connectivity index (χ0) is 30.8. The van der Waals surface area contributed by atoms with Gasteiger partial charge in [0.2, 0.25) is 0 Å². The number of ketones is 1. The summed E-state index contributed by atoms with van der Waals surface area (Å²) in [7, 11) is 3.44. The second-order valence-electron chi connectivity index (χ2n) is 12.7. The Kier molecular flexibility index (Phi) is 13.3. The highest BCUT2D eigenvalue weighted by molar-refractivity contribution is 5.80. The first kappa shape index (κ1) is 34.5. The average Bonchev–Trinajstić information content (AvgIpc) is 3.86. The van der Waals surface area contributed by atoms with Crippen molar-refractivity contribution in [2.24, 2.45) is 17.8 Å². The number of carbonyl (C=O) groups excluding carboxylic acids is 3. The highest BCUT2D eigenvalue weighted by Gasteiger charge is 2.72. The van der Waals surface area contributed by atoms with Crippen molar-refractivity contribution in [1.82, 2.24) is 10.6 Å². The quantitative estimate of drug-likeness (QED) is 0.0915. The van der Waals surface area contributed by atoms with E-state index in [4.69, 9.17) is 23.7 Å². The number of ether oxygens (including phenoxy) is 5. The van der Waals surface area contributed by atoms with Crippen LogP contribution in [0.15, 0.2) is 12.7 Å². The van der Waals surface area contributed by atoms with E-state index in [0.29, 0.717) is 32.5 Å². The van der Waals surface area contributed by atoms with Crippen LogP contribution in [-0.4, -0.2) is 87.8 Å². The number of rotatable bonds is 20. The molecular weight excluding hydrogens is 540 g/mol. The number of Topliss-reactive ketones (excluding diaryl/α,β-unsaturated/α-hetero) is 1. The van der Waals surface area contributed by atoms with Crippen LogP contribution in [0.1, 0.15) is 85.0 Å². The molecule has 0 bridgehead atoms. The molecular formula is C32H54N2O8. The van der Waals surface area contributed by atoms with Crippen molar-refractivity contribution in [3.05, 3.63) is 12.7 Å². The van der Waals surface area contributed by atoms with Crippen LogP contribution < -0.4 is 10.6 Å². The minimum atomic E-state index is -0.470. The summed E-state index contributed by atoms with van der Waals surface area (Å²) >= 11 is 0. The van der Waals surface area contributed by atoms with Crippen LogP contribution in [0.3, 0.4) is 0 Å². The van der Waals surface area contributed by atoms with E-state index >= 15 is 0 Å². The number of epoxide rings is 2. The van der Waals surface area contributed by atoms with Crippen LogP contribution in [-0.2, 0) is 33.3 Å². The molecule has 1 amide bonds. The van der Waals surface area contributed by atoms with Gasteiger partial charge in [0.1, 0.15) is 29.2 Å². The zero-order valence-electron chi connectivity index (χ0n) is 26.4. The Labute approximate surface area is 251 Å². The van der Waals surface area contributed by atoms with Crippen LogP contribution >= 0.6 is 0 Å². The Morgan fingerprint density at radius 1 is 1.14 bits per heavy atom. The Hall–Kier alpha value is -2.01. The number of amides is 1. The minimum Gasteiger partial charge on any atom is -0.460 e. The summed E-state index contributed by atoms with van der Waals surface area (Å²) < 4.78 is 29.5. The van der Waals surface area contributed by atoms with E-state index in [9.17, 15) is 14.4 Å². The van der Waals surface area contributed by atoms with Gasteiger partial charge in [-0.25, -0.2) is 4.79 Å². The molecule has 3 aliphatic rings. The van der Waals surface area contributed by atoms with Crippen molar-refractivity contribution in [3.8, 4) is 0 Å². The number of unbranched alkanes of at least 4 members (excludes halogenated alkanes) is 4. The summed E-state index contributed by atoms with van der Waals surface area (Å²) in [4.78, 5) is 36.9. The van der Waals surface area contributed by atoms with Crippen molar-refractivity contribution in [2.75, 3.05) is 40.5 Å². The fourth-order valence-electron chi connectivity index (χ4n) is 6.48. The van der Waals surface area contributed by atoms with E-state index in [2.05, 4.69) is 24.1 Å². The molecule has 1 saturated carbocycles. The first-order chi connectivity index (χ1) is 20.1. The molecule has 3 rings (SSSR count). The van der Waals surface area contributed by atoms with Gasteiger partial charge in [-0.3, -0.25) is 9.59 Å². The third-order valence-electron chi connectivity index (χ3n) is 9.24. The minimum absolute atomic E-state index is 0.0352.